The first-order valence-corrected chi connectivity index (χ1v) is 17.8. The second-order valence-corrected chi connectivity index (χ2v) is 13.5. The van der Waals surface area contributed by atoms with Crippen LogP contribution in [0.15, 0.2) is 179 Å². The summed E-state index contributed by atoms with van der Waals surface area (Å²) in [6.45, 7) is 2.12. The van der Waals surface area contributed by atoms with Gasteiger partial charge in [0.15, 0.2) is 5.84 Å². The normalized spacial score (nSPS) is 16.6. The van der Waals surface area contributed by atoms with Crippen molar-refractivity contribution in [2.45, 2.75) is 19.5 Å². The summed E-state index contributed by atoms with van der Waals surface area (Å²) in [5.41, 5.74) is 8.27. The van der Waals surface area contributed by atoms with E-state index in [2.05, 4.69) is 77.5 Å². The maximum atomic E-state index is 13.7. The minimum absolute atomic E-state index is 0.120. The number of alkyl halides is 3. The highest BCUT2D eigenvalue weighted by Crippen LogP contribution is 2.35. The molecule has 0 bridgehead atoms. The molecule has 0 saturated carbocycles. The van der Waals surface area contributed by atoms with Crippen molar-refractivity contribution in [3.63, 3.8) is 0 Å². The molecule has 1 aliphatic carbocycles. The highest BCUT2D eigenvalue weighted by atomic mass is 19.4. The number of rotatable bonds is 4. The lowest BCUT2D eigenvalue weighted by molar-refractivity contribution is -0.0884. The first-order valence-electron chi connectivity index (χ1n) is 17.8. The minimum Gasteiger partial charge on any atom is -0.324 e. The fourth-order valence-corrected chi connectivity index (χ4v) is 7.40. The van der Waals surface area contributed by atoms with Crippen LogP contribution in [0.1, 0.15) is 23.1 Å². The van der Waals surface area contributed by atoms with Gasteiger partial charge in [0.2, 0.25) is 0 Å². The monoisotopic (exact) mass is 710 g/mol. The third-order valence-electron chi connectivity index (χ3n) is 10.1. The number of allylic oxidation sites excluding steroid dienone is 4. The van der Waals surface area contributed by atoms with Crippen LogP contribution < -0.4 is 15.8 Å². The Bertz CT molecular complexity index is 2860. The first kappa shape index (κ1) is 33.1. The van der Waals surface area contributed by atoms with Gasteiger partial charge in [0.05, 0.1) is 16.6 Å². The van der Waals surface area contributed by atoms with Crippen molar-refractivity contribution >= 4 is 44.9 Å². The summed E-state index contributed by atoms with van der Waals surface area (Å²) in [5.74, 6) is 1.70. The van der Waals surface area contributed by atoms with E-state index in [1.54, 1.807) is 6.08 Å². The van der Waals surface area contributed by atoms with Crippen LogP contribution in [0.5, 0.6) is 0 Å². The van der Waals surface area contributed by atoms with E-state index in [-0.39, 0.29) is 6.42 Å². The fraction of sp³-hybridized carbons (Fsp3) is 0.0638. The number of halogens is 3. The van der Waals surface area contributed by atoms with Gasteiger partial charge in [-0.05, 0) is 65.1 Å². The van der Waals surface area contributed by atoms with E-state index in [1.165, 1.54) is 11.6 Å². The van der Waals surface area contributed by atoms with Crippen LogP contribution in [0, 0.1) is 6.92 Å². The van der Waals surface area contributed by atoms with E-state index in [4.69, 9.17) is 9.98 Å². The standard InChI is InChI=1S/C47H33F3N4/c1-30-12-8-9-17-37(30)34-22-26-40-39-18-10-11-19-42(39)54(43(40)28-34)36-25-27-38(31-20-23-35(24-21-31)47(48,49)50)41(29-36)46-52-44(32-13-4-2-5-14-32)51-45(53-46)33-15-6-3-7-16-33/h2-20,22-29H,21H2,1H3,(H,51,52,53). The lowest BCUT2D eigenvalue weighted by Gasteiger charge is -2.19. The van der Waals surface area contributed by atoms with Gasteiger partial charge in [0, 0.05) is 32.8 Å². The van der Waals surface area contributed by atoms with Crippen LogP contribution in [0.3, 0.4) is 0 Å². The molecule has 0 amide bonds. The summed E-state index contributed by atoms with van der Waals surface area (Å²) in [7, 11) is 0. The van der Waals surface area contributed by atoms with E-state index < -0.39 is 11.7 Å². The van der Waals surface area contributed by atoms with Crippen LogP contribution in [-0.2, 0) is 0 Å². The number of amidine groups is 2. The zero-order valence-corrected chi connectivity index (χ0v) is 29.3. The number of benzene rings is 6. The molecular weight excluding hydrogens is 678 g/mol. The molecule has 0 radical (unpaired) electrons. The van der Waals surface area contributed by atoms with Crippen LogP contribution >= 0.6 is 0 Å². The topological polar surface area (TPSA) is 41.7 Å². The summed E-state index contributed by atoms with van der Waals surface area (Å²) in [6.07, 6.45) is -0.312. The molecular formula is C47H33F3N4. The van der Waals surface area contributed by atoms with Crippen molar-refractivity contribution < 1.29 is 13.2 Å². The van der Waals surface area contributed by atoms with E-state index >= 15 is 0 Å². The van der Waals surface area contributed by atoms with Gasteiger partial charge in [0.25, 0.3) is 0 Å². The van der Waals surface area contributed by atoms with Crippen molar-refractivity contribution in [2.75, 3.05) is 0 Å². The summed E-state index contributed by atoms with van der Waals surface area (Å²) < 4.78 is 43.4. The molecule has 4 nitrogen and oxygen atoms in total. The molecule has 2 aliphatic rings. The van der Waals surface area contributed by atoms with Crippen molar-refractivity contribution in [2.24, 2.45) is 9.98 Å². The van der Waals surface area contributed by atoms with Gasteiger partial charge in [-0.3, -0.25) is 0 Å². The number of nitrogens with zero attached hydrogens (tertiary/aromatic N) is 3. The summed E-state index contributed by atoms with van der Waals surface area (Å²) in [4.78, 5) is 10.1. The van der Waals surface area contributed by atoms with Gasteiger partial charge in [-0.25, -0.2) is 9.98 Å². The summed E-state index contributed by atoms with van der Waals surface area (Å²) >= 11 is 0. The second-order valence-electron chi connectivity index (χ2n) is 13.5. The van der Waals surface area contributed by atoms with E-state index in [0.717, 1.165) is 71.8 Å². The van der Waals surface area contributed by atoms with E-state index in [9.17, 15) is 13.2 Å². The largest absolute Gasteiger partial charge is 0.416 e. The zero-order valence-electron chi connectivity index (χ0n) is 29.3. The van der Waals surface area contributed by atoms with Gasteiger partial charge in [-0.2, -0.15) is 13.2 Å². The second kappa shape index (κ2) is 13.4. The molecule has 1 aromatic heterocycles. The maximum absolute atomic E-state index is 13.7. The highest BCUT2D eigenvalue weighted by molar-refractivity contribution is 6.16. The van der Waals surface area contributed by atoms with Crippen LogP contribution in [0.4, 0.5) is 13.2 Å². The predicted molar refractivity (Wildman–Crippen MR) is 214 cm³/mol. The molecule has 0 unspecified atom stereocenters. The quantitative estimate of drug-likeness (QED) is 0.194. The lowest BCUT2D eigenvalue weighted by Crippen LogP contribution is -2.38. The number of nitrogens with one attached hydrogen (secondary N) is 1. The molecule has 0 fully saturated rings. The van der Waals surface area contributed by atoms with Crippen molar-refractivity contribution in [3.05, 3.63) is 197 Å². The van der Waals surface area contributed by atoms with Crippen LogP contribution in [-0.4, -0.2) is 22.4 Å². The maximum Gasteiger partial charge on any atom is 0.416 e. The number of para-hydroxylation sites is 1. The first-order chi connectivity index (χ1) is 26.3. The van der Waals surface area contributed by atoms with Crippen LogP contribution in [0.2, 0.25) is 0 Å². The summed E-state index contributed by atoms with van der Waals surface area (Å²) in [6, 6.07) is 49.1. The Morgan fingerprint density at radius 3 is 2.06 bits per heavy atom. The molecule has 6 aromatic carbocycles. The van der Waals surface area contributed by atoms with Gasteiger partial charge >= 0.3 is 6.18 Å². The average Bonchev–Trinajstić information content (AvgIpc) is 3.54. The van der Waals surface area contributed by atoms with Crippen molar-refractivity contribution in [1.82, 2.24) is 9.88 Å². The lowest BCUT2D eigenvalue weighted by atomic mass is 9.98. The molecule has 2 heterocycles. The van der Waals surface area contributed by atoms with E-state index in [1.807, 2.05) is 84.9 Å². The third-order valence-corrected chi connectivity index (χ3v) is 10.1. The number of aliphatic imine (C=N–C) groups is 2. The Labute approximate surface area is 310 Å². The molecule has 7 heteroatoms. The molecule has 0 atom stereocenters. The molecule has 0 spiro atoms. The van der Waals surface area contributed by atoms with Gasteiger partial charge in [-0.1, -0.05) is 140 Å². The SMILES string of the molecule is Cc1ccccc1-c1ccc2c3ccccc3n(-c3ccc(=C4C=CC(C(F)(F)F)=CC4)c(=C4N=C(c5ccccc5)N=C(c5ccccc5)N4)c3)c2c1. The molecule has 0 saturated heterocycles. The molecule has 54 heavy (non-hydrogen) atoms. The average molecular weight is 711 g/mol. The number of hydrogen-bond acceptors (Lipinski definition) is 3. The number of hydrogen-bond donors (Lipinski definition) is 1. The Balaban J connectivity index is 1.34. The van der Waals surface area contributed by atoms with Crippen molar-refractivity contribution in [1.29, 1.82) is 0 Å². The van der Waals surface area contributed by atoms with Crippen molar-refractivity contribution in [3.8, 4) is 16.8 Å². The van der Waals surface area contributed by atoms with Gasteiger partial charge in [-0.15, -0.1) is 0 Å². The smallest absolute Gasteiger partial charge is 0.324 e. The Morgan fingerprint density at radius 2 is 1.31 bits per heavy atom. The number of aromatic nitrogens is 1. The van der Waals surface area contributed by atoms with Crippen LogP contribution in [0.25, 0.3) is 50.0 Å². The third kappa shape index (κ3) is 6.03. The van der Waals surface area contributed by atoms with Gasteiger partial charge in [0.1, 0.15) is 11.7 Å². The molecule has 9 rings (SSSR count). The molecule has 262 valence electrons. The summed E-state index contributed by atoms with van der Waals surface area (Å²) in [5, 5.41) is 7.28. The van der Waals surface area contributed by atoms with E-state index in [0.29, 0.717) is 17.5 Å². The minimum atomic E-state index is -4.42. The highest BCUT2D eigenvalue weighted by Gasteiger charge is 2.32. The Hall–Kier alpha value is -6.73. The molecule has 7 aromatic rings. The zero-order chi connectivity index (χ0) is 36.8. The Kier molecular flexibility index (Phi) is 8.19. The fourth-order valence-electron chi connectivity index (χ4n) is 7.40. The van der Waals surface area contributed by atoms with Gasteiger partial charge < -0.3 is 9.88 Å². The molecule has 1 aliphatic heterocycles. The molecule has 1 N–H and O–H groups in total. The number of aryl methyl sites for hydroxylation is 1. The Morgan fingerprint density at radius 1 is 0.611 bits per heavy atom. The number of fused-ring (bicyclic) bond motifs is 3. The predicted octanol–water partition coefficient (Wildman–Crippen LogP) is 9.92.